The number of nitrogens with zero attached hydrogens (tertiary/aromatic N) is 5. The van der Waals surface area contributed by atoms with Crippen molar-refractivity contribution in [2.24, 2.45) is 0 Å². The molecule has 1 saturated heterocycles. The summed E-state index contributed by atoms with van der Waals surface area (Å²) >= 11 is 1.02. The van der Waals surface area contributed by atoms with Crippen LogP contribution >= 0.6 is 11.3 Å². The third-order valence-corrected chi connectivity index (χ3v) is 5.87. The number of β-amino-alcohol motifs (C(OH)–C–C–N with tert-alkyl or cyclic N) is 1. The second-order valence-electron chi connectivity index (χ2n) is 6.77. The van der Waals surface area contributed by atoms with Crippen LogP contribution in [0.4, 0.5) is 22.7 Å². The lowest BCUT2D eigenvalue weighted by Gasteiger charge is -2.29. The molecule has 0 radical (unpaired) electrons. The fourth-order valence-electron chi connectivity index (χ4n) is 3.52. The van der Waals surface area contributed by atoms with Gasteiger partial charge in [-0.1, -0.05) is 11.3 Å². The molecule has 0 saturated carbocycles. The molecule has 4 N–H and O–H groups in total. The van der Waals surface area contributed by atoms with Crippen LogP contribution in [0.2, 0.25) is 0 Å². The summed E-state index contributed by atoms with van der Waals surface area (Å²) in [7, 11) is 0. The van der Waals surface area contributed by atoms with Crippen molar-refractivity contribution < 1.29 is 19.8 Å². The molecule has 11 nitrogen and oxygen atoms in total. The number of amides is 1. The molecule has 2 aromatic heterocycles. The van der Waals surface area contributed by atoms with E-state index in [1.807, 2.05) is 9.80 Å². The van der Waals surface area contributed by atoms with E-state index in [0.29, 0.717) is 48.6 Å². The van der Waals surface area contributed by atoms with Crippen molar-refractivity contribution in [2.45, 2.75) is 13.3 Å². The highest BCUT2D eigenvalue weighted by Gasteiger charge is 2.30. The highest BCUT2D eigenvalue weighted by molar-refractivity contribution is 7.17. The van der Waals surface area contributed by atoms with Crippen molar-refractivity contribution in [2.75, 3.05) is 54.4 Å². The standard InChI is InChI=1S/C17H21N7O4S/c1-9-12(15(27)28)29-17(19-9)22-16-20-13-10(2-4-23(13)6-7-25)14(21-16)24-5-3-18-11(26)8-24/h25H,2-8H2,1H3,(H,18,26)(H,27,28)(H,19,20,21,22). The molecule has 4 heterocycles. The Morgan fingerprint density at radius 3 is 2.76 bits per heavy atom. The zero-order chi connectivity index (χ0) is 20.5. The van der Waals surface area contributed by atoms with E-state index >= 15 is 0 Å². The quantitative estimate of drug-likeness (QED) is 0.504. The number of hydrogen-bond acceptors (Lipinski definition) is 10. The molecule has 12 heteroatoms. The van der Waals surface area contributed by atoms with Gasteiger partial charge in [-0.25, -0.2) is 9.78 Å². The maximum absolute atomic E-state index is 11.9. The number of hydrogen-bond donors (Lipinski definition) is 4. The van der Waals surface area contributed by atoms with Gasteiger partial charge in [0.2, 0.25) is 11.9 Å². The maximum Gasteiger partial charge on any atom is 0.347 e. The zero-order valence-corrected chi connectivity index (χ0v) is 16.6. The Hall–Kier alpha value is -2.99. The molecule has 4 rings (SSSR count). The van der Waals surface area contributed by atoms with Gasteiger partial charge in [0.1, 0.15) is 16.5 Å². The van der Waals surface area contributed by atoms with Gasteiger partial charge in [-0.3, -0.25) is 10.1 Å². The molecule has 2 aliphatic rings. The van der Waals surface area contributed by atoms with Crippen LogP contribution < -0.4 is 20.4 Å². The SMILES string of the molecule is Cc1nc(Nc2nc3c(c(N4CCNC(=O)C4)n2)CCN3CCO)sc1C(=O)O. The summed E-state index contributed by atoms with van der Waals surface area (Å²) in [5, 5.41) is 24.8. The van der Waals surface area contributed by atoms with Gasteiger partial charge < -0.3 is 25.3 Å². The number of aromatic nitrogens is 3. The topological polar surface area (TPSA) is 144 Å². The Labute approximate surface area is 170 Å². The minimum absolute atomic E-state index is 0.00129. The molecule has 0 aliphatic carbocycles. The Balaban J connectivity index is 1.71. The lowest BCUT2D eigenvalue weighted by molar-refractivity contribution is -0.120. The molecule has 1 fully saturated rings. The minimum atomic E-state index is -1.03. The second kappa shape index (κ2) is 7.79. The number of aliphatic hydroxyl groups excluding tert-OH is 1. The van der Waals surface area contributed by atoms with Gasteiger partial charge in [0.25, 0.3) is 0 Å². The van der Waals surface area contributed by atoms with Crippen molar-refractivity contribution in [3.05, 3.63) is 16.1 Å². The number of carboxylic acids is 1. The molecule has 0 unspecified atom stereocenters. The van der Waals surface area contributed by atoms with E-state index in [4.69, 9.17) is 0 Å². The number of aryl methyl sites for hydroxylation is 1. The van der Waals surface area contributed by atoms with E-state index in [-0.39, 0.29) is 29.9 Å². The summed E-state index contributed by atoms with van der Waals surface area (Å²) < 4.78 is 0. The molecular weight excluding hydrogens is 398 g/mol. The molecule has 2 aliphatic heterocycles. The van der Waals surface area contributed by atoms with Crippen LogP contribution in [0.15, 0.2) is 0 Å². The lowest BCUT2D eigenvalue weighted by Crippen LogP contribution is -2.48. The van der Waals surface area contributed by atoms with Gasteiger partial charge in [-0.05, 0) is 13.3 Å². The van der Waals surface area contributed by atoms with Gasteiger partial charge in [-0.2, -0.15) is 9.97 Å². The van der Waals surface area contributed by atoms with E-state index < -0.39 is 5.97 Å². The highest BCUT2D eigenvalue weighted by atomic mass is 32.1. The molecule has 2 aromatic rings. The highest BCUT2D eigenvalue weighted by Crippen LogP contribution is 2.35. The van der Waals surface area contributed by atoms with Crippen LogP contribution in [0.25, 0.3) is 0 Å². The van der Waals surface area contributed by atoms with Gasteiger partial charge in [0.05, 0.1) is 18.8 Å². The fourth-order valence-corrected chi connectivity index (χ4v) is 4.32. The molecule has 0 atom stereocenters. The van der Waals surface area contributed by atoms with E-state index in [1.165, 1.54) is 0 Å². The number of carboxylic acid groups (broad SMARTS) is 1. The molecule has 29 heavy (non-hydrogen) atoms. The predicted molar refractivity (Wildman–Crippen MR) is 107 cm³/mol. The first-order valence-corrected chi connectivity index (χ1v) is 10.0. The smallest absolute Gasteiger partial charge is 0.347 e. The minimum Gasteiger partial charge on any atom is -0.477 e. The first-order chi connectivity index (χ1) is 14.0. The number of piperazine rings is 1. The number of carbonyl (C=O) groups excluding carboxylic acids is 1. The van der Waals surface area contributed by atoms with Gasteiger partial charge in [-0.15, -0.1) is 0 Å². The van der Waals surface area contributed by atoms with Crippen LogP contribution in [0.5, 0.6) is 0 Å². The summed E-state index contributed by atoms with van der Waals surface area (Å²) in [6, 6.07) is 0. The number of aromatic carboxylic acids is 1. The number of anilines is 4. The lowest BCUT2D eigenvalue weighted by atomic mass is 10.2. The van der Waals surface area contributed by atoms with Crippen molar-refractivity contribution >= 4 is 45.9 Å². The molecule has 154 valence electrons. The van der Waals surface area contributed by atoms with Crippen LogP contribution in [0, 0.1) is 6.92 Å². The van der Waals surface area contributed by atoms with E-state index in [1.54, 1.807) is 6.92 Å². The summed E-state index contributed by atoms with van der Waals surface area (Å²) in [6.07, 6.45) is 0.725. The van der Waals surface area contributed by atoms with Crippen molar-refractivity contribution in [3.63, 3.8) is 0 Å². The van der Waals surface area contributed by atoms with Crippen molar-refractivity contribution in [3.8, 4) is 0 Å². The summed E-state index contributed by atoms with van der Waals surface area (Å²) in [4.78, 5) is 40.7. The molecule has 0 aromatic carbocycles. The van der Waals surface area contributed by atoms with Crippen LogP contribution in [-0.4, -0.2) is 76.4 Å². The number of thiazole rings is 1. The van der Waals surface area contributed by atoms with E-state index in [9.17, 15) is 19.8 Å². The number of fused-ring (bicyclic) bond motifs is 1. The summed E-state index contributed by atoms with van der Waals surface area (Å²) in [6.45, 7) is 4.17. The number of carbonyl (C=O) groups is 2. The molecule has 0 bridgehead atoms. The monoisotopic (exact) mass is 419 g/mol. The van der Waals surface area contributed by atoms with Gasteiger partial charge in [0.15, 0.2) is 5.13 Å². The van der Waals surface area contributed by atoms with Crippen molar-refractivity contribution in [1.29, 1.82) is 0 Å². The van der Waals surface area contributed by atoms with E-state index in [0.717, 1.165) is 23.3 Å². The number of rotatable bonds is 6. The summed E-state index contributed by atoms with van der Waals surface area (Å²) in [5.74, 6) is 0.575. The van der Waals surface area contributed by atoms with E-state index in [2.05, 4.69) is 25.6 Å². The first-order valence-electron chi connectivity index (χ1n) is 9.22. The third kappa shape index (κ3) is 3.80. The molecular formula is C17H21N7O4S. The van der Waals surface area contributed by atoms with Gasteiger partial charge >= 0.3 is 5.97 Å². The second-order valence-corrected chi connectivity index (χ2v) is 7.77. The predicted octanol–water partition coefficient (Wildman–Crippen LogP) is -0.0257. The Kier molecular flexibility index (Phi) is 5.20. The van der Waals surface area contributed by atoms with Gasteiger partial charge in [0, 0.05) is 31.7 Å². The molecule has 0 spiro atoms. The normalized spacial score (nSPS) is 16.0. The zero-order valence-electron chi connectivity index (χ0n) is 15.8. The fraction of sp³-hybridized carbons (Fsp3) is 0.471. The Morgan fingerprint density at radius 2 is 2.07 bits per heavy atom. The average Bonchev–Trinajstić information content (AvgIpc) is 3.25. The van der Waals surface area contributed by atoms with Crippen LogP contribution in [-0.2, 0) is 11.2 Å². The molecule has 1 amide bonds. The summed E-state index contributed by atoms with van der Waals surface area (Å²) in [5.41, 5.74) is 1.36. The van der Waals surface area contributed by atoms with Crippen molar-refractivity contribution in [1.82, 2.24) is 20.3 Å². The van der Waals surface area contributed by atoms with Crippen LogP contribution in [0.1, 0.15) is 20.9 Å². The Morgan fingerprint density at radius 1 is 1.28 bits per heavy atom. The number of nitrogens with one attached hydrogen (secondary N) is 2. The first kappa shape index (κ1) is 19.3. The maximum atomic E-state index is 11.9. The average molecular weight is 419 g/mol. The largest absolute Gasteiger partial charge is 0.477 e. The third-order valence-electron chi connectivity index (χ3n) is 4.81. The number of aliphatic hydroxyl groups is 1. The Bertz CT molecular complexity index is 963. The van der Waals surface area contributed by atoms with Crippen LogP contribution in [0.3, 0.4) is 0 Å².